The number of hydrogen-bond donors (Lipinski definition) is 0. The first-order valence-electron chi connectivity index (χ1n) is 18.4. The minimum Gasteiger partial charge on any atom is -0.308 e. The second-order valence-corrected chi connectivity index (χ2v) is 14.2. The molecule has 4 heteroatoms. The lowest BCUT2D eigenvalue weighted by atomic mass is 10.00. The topological polar surface area (TPSA) is 35.6 Å². The summed E-state index contributed by atoms with van der Waals surface area (Å²) in [5, 5.41) is 13.2. The van der Waals surface area contributed by atoms with E-state index in [9.17, 15) is 0 Å². The van der Waals surface area contributed by atoms with Gasteiger partial charge in [-0.25, -0.2) is 9.97 Å². The van der Waals surface area contributed by atoms with Crippen molar-refractivity contribution >= 4 is 86.8 Å². The van der Waals surface area contributed by atoms with Gasteiger partial charge in [0, 0.05) is 43.3 Å². The van der Waals surface area contributed by atoms with Crippen LogP contribution in [0.1, 0.15) is 0 Å². The fourth-order valence-electron chi connectivity index (χ4n) is 8.90. The Morgan fingerprint density at radius 3 is 1.81 bits per heavy atom. The van der Waals surface area contributed by atoms with Crippen molar-refractivity contribution in [1.82, 2.24) is 19.1 Å². The summed E-state index contributed by atoms with van der Waals surface area (Å²) in [6.07, 6.45) is 0. The van der Waals surface area contributed by atoms with Crippen molar-refractivity contribution in [2.24, 2.45) is 0 Å². The molecular weight excluding hydrogens is 657 g/mol. The molecule has 0 saturated carbocycles. The molecule has 0 aliphatic rings. The molecule has 0 aliphatic heterocycles. The second-order valence-electron chi connectivity index (χ2n) is 14.2. The van der Waals surface area contributed by atoms with Crippen molar-refractivity contribution in [2.75, 3.05) is 0 Å². The van der Waals surface area contributed by atoms with Crippen molar-refractivity contribution in [3.63, 3.8) is 0 Å². The molecule has 0 bridgehead atoms. The lowest BCUT2D eigenvalue weighted by Crippen LogP contribution is -2.03. The molecule has 12 aromatic rings. The van der Waals surface area contributed by atoms with E-state index in [0.29, 0.717) is 5.95 Å². The van der Waals surface area contributed by atoms with Gasteiger partial charge in [0.2, 0.25) is 5.95 Å². The Morgan fingerprint density at radius 2 is 0.963 bits per heavy atom. The maximum absolute atomic E-state index is 5.38. The normalized spacial score (nSPS) is 12.1. The molecule has 4 nitrogen and oxygen atoms in total. The Balaban J connectivity index is 1.27. The van der Waals surface area contributed by atoms with E-state index in [4.69, 9.17) is 9.97 Å². The lowest BCUT2D eigenvalue weighted by molar-refractivity contribution is 1.01. The van der Waals surface area contributed by atoms with Crippen LogP contribution in [0.3, 0.4) is 0 Å². The number of fused-ring (bicyclic) bond motifs is 12. The van der Waals surface area contributed by atoms with Crippen LogP contribution in [0.15, 0.2) is 182 Å². The van der Waals surface area contributed by atoms with Crippen molar-refractivity contribution in [3.8, 4) is 22.9 Å². The first-order chi connectivity index (χ1) is 26.8. The summed E-state index contributed by atoms with van der Waals surface area (Å²) >= 11 is 0. The molecule has 3 heterocycles. The molecule has 0 saturated heterocycles. The number of nitrogens with zero attached hydrogens (tertiary/aromatic N) is 4. The van der Waals surface area contributed by atoms with Gasteiger partial charge in [0.25, 0.3) is 0 Å². The third-order valence-electron chi connectivity index (χ3n) is 11.3. The van der Waals surface area contributed by atoms with Gasteiger partial charge in [-0.2, -0.15) is 0 Å². The van der Waals surface area contributed by atoms with Gasteiger partial charge in [-0.3, -0.25) is 4.57 Å². The number of hydrogen-bond acceptors (Lipinski definition) is 2. The zero-order chi connectivity index (χ0) is 35.3. The standard InChI is InChI=1S/C50H30N4/c1-2-15-32(16-3-1)48-40-23-10-12-24-43(40)51-50(52-48)54-44-25-13-11-22-38(44)41-29-42-39-27-26-31-14-4-7-19-35(31)49(39)53(46(42)30-47(41)54)45-28-33-17-5-6-18-34(33)36-20-8-9-21-37(36)45/h1-30H. The average molecular weight is 687 g/mol. The highest BCUT2D eigenvalue weighted by Crippen LogP contribution is 2.43. The van der Waals surface area contributed by atoms with E-state index in [-0.39, 0.29) is 0 Å². The van der Waals surface area contributed by atoms with Gasteiger partial charge in [-0.1, -0.05) is 152 Å². The van der Waals surface area contributed by atoms with Crippen LogP contribution >= 0.6 is 0 Å². The van der Waals surface area contributed by atoms with E-state index < -0.39 is 0 Å². The zero-order valence-electron chi connectivity index (χ0n) is 29.1. The molecule has 0 spiro atoms. The predicted octanol–water partition coefficient (Wildman–Crippen LogP) is 13.0. The number of benzene rings is 9. The van der Waals surface area contributed by atoms with Gasteiger partial charge in [0.15, 0.2) is 0 Å². The lowest BCUT2D eigenvalue weighted by Gasteiger charge is -2.15. The fourth-order valence-corrected chi connectivity index (χ4v) is 8.90. The molecule has 0 unspecified atom stereocenters. The quantitative estimate of drug-likeness (QED) is 0.173. The predicted molar refractivity (Wildman–Crippen MR) is 226 cm³/mol. The van der Waals surface area contributed by atoms with Crippen molar-refractivity contribution in [2.45, 2.75) is 0 Å². The van der Waals surface area contributed by atoms with E-state index in [0.717, 1.165) is 44.4 Å². The molecule has 3 aromatic heterocycles. The van der Waals surface area contributed by atoms with Crippen LogP contribution in [-0.4, -0.2) is 19.1 Å². The van der Waals surface area contributed by atoms with Crippen LogP contribution in [0.5, 0.6) is 0 Å². The highest BCUT2D eigenvalue weighted by atomic mass is 15.2. The number of aromatic nitrogens is 4. The molecule has 0 amide bonds. The Bertz CT molecular complexity index is 3500. The number of para-hydroxylation sites is 2. The van der Waals surface area contributed by atoms with Gasteiger partial charge in [-0.15, -0.1) is 0 Å². The van der Waals surface area contributed by atoms with Crippen LogP contribution in [0.4, 0.5) is 0 Å². The van der Waals surface area contributed by atoms with E-state index in [1.165, 1.54) is 59.4 Å². The Hall–Kier alpha value is -7.30. The fraction of sp³-hybridized carbons (Fsp3) is 0. The largest absolute Gasteiger partial charge is 0.308 e. The van der Waals surface area contributed by atoms with Gasteiger partial charge in [-0.05, 0) is 51.9 Å². The SMILES string of the molecule is c1ccc(-c2nc(-n3c4ccccc4c4cc5c6ccc7ccccc7c6n(-c6cc7ccccc7c7ccccc67)c5cc43)nc3ccccc23)cc1. The zero-order valence-corrected chi connectivity index (χ0v) is 29.1. The van der Waals surface area contributed by atoms with E-state index in [1.807, 2.05) is 6.07 Å². The Labute approximate surface area is 309 Å². The van der Waals surface area contributed by atoms with Crippen molar-refractivity contribution in [3.05, 3.63) is 182 Å². The summed E-state index contributed by atoms with van der Waals surface area (Å²) in [5.41, 5.74) is 8.56. The van der Waals surface area contributed by atoms with Gasteiger partial charge >= 0.3 is 0 Å². The third kappa shape index (κ3) is 4.08. The van der Waals surface area contributed by atoms with Crippen molar-refractivity contribution in [1.29, 1.82) is 0 Å². The maximum Gasteiger partial charge on any atom is 0.235 e. The van der Waals surface area contributed by atoms with E-state index in [2.05, 4.69) is 185 Å². The molecular formula is C50H30N4. The van der Waals surface area contributed by atoms with Crippen LogP contribution in [-0.2, 0) is 0 Å². The molecule has 250 valence electrons. The Morgan fingerprint density at radius 1 is 0.333 bits per heavy atom. The average Bonchev–Trinajstić information content (AvgIpc) is 3.74. The monoisotopic (exact) mass is 686 g/mol. The highest BCUT2D eigenvalue weighted by Gasteiger charge is 2.22. The molecule has 0 atom stereocenters. The maximum atomic E-state index is 5.38. The van der Waals surface area contributed by atoms with Gasteiger partial charge < -0.3 is 4.57 Å². The molecule has 0 fully saturated rings. The van der Waals surface area contributed by atoms with Crippen LogP contribution in [0.25, 0.3) is 110 Å². The van der Waals surface area contributed by atoms with Crippen LogP contribution < -0.4 is 0 Å². The minimum absolute atomic E-state index is 0.655. The molecule has 0 aliphatic carbocycles. The summed E-state index contributed by atoms with van der Waals surface area (Å²) in [6, 6.07) is 65.5. The van der Waals surface area contributed by atoms with E-state index in [1.54, 1.807) is 0 Å². The first-order valence-corrected chi connectivity index (χ1v) is 18.4. The van der Waals surface area contributed by atoms with Crippen molar-refractivity contribution < 1.29 is 0 Å². The van der Waals surface area contributed by atoms with E-state index >= 15 is 0 Å². The summed E-state index contributed by atoms with van der Waals surface area (Å²) in [5.74, 6) is 0.655. The van der Waals surface area contributed by atoms with Crippen LogP contribution in [0, 0.1) is 0 Å². The molecule has 0 radical (unpaired) electrons. The smallest absolute Gasteiger partial charge is 0.235 e. The summed E-state index contributed by atoms with van der Waals surface area (Å²) in [7, 11) is 0. The molecule has 0 N–H and O–H groups in total. The van der Waals surface area contributed by atoms with Crippen LogP contribution in [0.2, 0.25) is 0 Å². The van der Waals surface area contributed by atoms with Gasteiger partial charge in [0.05, 0.1) is 39.0 Å². The summed E-state index contributed by atoms with van der Waals surface area (Å²) in [4.78, 5) is 10.6. The first kappa shape index (κ1) is 29.3. The molecule has 54 heavy (non-hydrogen) atoms. The van der Waals surface area contributed by atoms with Gasteiger partial charge in [0.1, 0.15) is 0 Å². The summed E-state index contributed by atoms with van der Waals surface area (Å²) in [6.45, 7) is 0. The minimum atomic E-state index is 0.655. The number of rotatable bonds is 3. The Kier molecular flexibility index (Phi) is 6.02. The third-order valence-corrected chi connectivity index (χ3v) is 11.3. The summed E-state index contributed by atoms with van der Waals surface area (Å²) < 4.78 is 4.78. The molecule has 12 rings (SSSR count). The highest BCUT2D eigenvalue weighted by molar-refractivity contribution is 6.24. The molecule has 9 aromatic carbocycles. The second kappa shape index (κ2) is 11.1.